The summed E-state index contributed by atoms with van der Waals surface area (Å²) in [5.41, 5.74) is 1.18. The van der Waals surface area contributed by atoms with Crippen LogP contribution in [0, 0.1) is 5.82 Å². The van der Waals surface area contributed by atoms with Gasteiger partial charge in [-0.25, -0.2) is 9.38 Å². The van der Waals surface area contributed by atoms with Crippen LogP contribution >= 0.6 is 0 Å². The zero-order valence-electron chi connectivity index (χ0n) is 14.7. The monoisotopic (exact) mass is 360 g/mol. The zero-order chi connectivity index (χ0) is 18.5. The minimum atomic E-state index is -0.416. The number of ether oxygens (including phenoxy) is 2. The summed E-state index contributed by atoms with van der Waals surface area (Å²) in [6, 6.07) is 4.09. The number of carbonyl (C=O) groups excluding carboxylic acids is 2. The highest BCUT2D eigenvalue weighted by Crippen LogP contribution is 2.22. The first-order chi connectivity index (χ1) is 12.5. The van der Waals surface area contributed by atoms with Crippen molar-refractivity contribution in [2.75, 3.05) is 33.4 Å². The molecule has 0 atom stereocenters. The van der Waals surface area contributed by atoms with Gasteiger partial charge in [0.15, 0.2) is 5.78 Å². The Balaban J connectivity index is 1.67. The Kier molecular flexibility index (Phi) is 5.78. The third kappa shape index (κ3) is 4.54. The fourth-order valence-corrected chi connectivity index (χ4v) is 3.05. The quantitative estimate of drug-likeness (QED) is 0.775. The van der Waals surface area contributed by atoms with Crippen molar-refractivity contribution in [3.63, 3.8) is 0 Å². The normalized spacial score (nSPS) is 17.6. The van der Waals surface area contributed by atoms with Crippen LogP contribution in [0.5, 0.6) is 5.75 Å². The highest BCUT2D eigenvalue weighted by Gasteiger charge is 2.22. The van der Waals surface area contributed by atoms with Crippen LogP contribution in [-0.4, -0.2) is 55.6 Å². The van der Waals surface area contributed by atoms with E-state index in [1.54, 1.807) is 6.07 Å². The first-order valence-electron chi connectivity index (χ1n) is 8.53. The van der Waals surface area contributed by atoms with Crippen molar-refractivity contribution in [3.05, 3.63) is 41.5 Å². The van der Waals surface area contributed by atoms with Crippen LogP contribution in [0.1, 0.15) is 18.4 Å². The Bertz CT molecular complexity index is 767. The summed E-state index contributed by atoms with van der Waals surface area (Å²) in [7, 11) is 1.44. The topological polar surface area (TPSA) is 68.2 Å². The van der Waals surface area contributed by atoms with E-state index in [0.29, 0.717) is 49.1 Å². The van der Waals surface area contributed by atoms with Crippen molar-refractivity contribution in [2.45, 2.75) is 19.3 Å². The second-order valence-corrected chi connectivity index (χ2v) is 6.27. The molecule has 0 aromatic heterocycles. The molecule has 0 amide bonds. The average Bonchev–Trinajstić information content (AvgIpc) is 2.63. The number of Topliss-reactive ketones (excluding diaryl/α,β-unsaturated/α-hetero) is 1. The number of nitrogens with zero attached hydrogens (tertiary/aromatic N) is 2. The summed E-state index contributed by atoms with van der Waals surface area (Å²) in [6.07, 6.45) is 1.88. The van der Waals surface area contributed by atoms with Crippen molar-refractivity contribution >= 4 is 17.3 Å². The maximum absolute atomic E-state index is 13.3. The molecular weight excluding hydrogens is 339 g/mol. The van der Waals surface area contributed by atoms with Gasteiger partial charge in [-0.05, 0) is 6.07 Å². The Morgan fingerprint density at radius 2 is 2.08 bits per heavy atom. The van der Waals surface area contributed by atoms with Gasteiger partial charge in [-0.3, -0.25) is 9.59 Å². The van der Waals surface area contributed by atoms with Gasteiger partial charge >= 0.3 is 0 Å². The smallest absolute Gasteiger partial charge is 0.164 e. The van der Waals surface area contributed by atoms with E-state index in [1.165, 1.54) is 25.3 Å². The SMILES string of the molecule is COc1cc(F)ccc1CC(=O)CC1=NC(N2CCOCC2)=CC(=O)C1. The van der Waals surface area contributed by atoms with Crippen LogP contribution in [0.2, 0.25) is 0 Å². The van der Waals surface area contributed by atoms with E-state index in [4.69, 9.17) is 9.47 Å². The molecule has 0 aliphatic carbocycles. The molecule has 0 bridgehead atoms. The van der Waals surface area contributed by atoms with E-state index >= 15 is 0 Å². The van der Waals surface area contributed by atoms with Gasteiger partial charge in [0.1, 0.15) is 23.2 Å². The fourth-order valence-electron chi connectivity index (χ4n) is 3.05. The minimum Gasteiger partial charge on any atom is -0.496 e. The van der Waals surface area contributed by atoms with E-state index in [-0.39, 0.29) is 30.8 Å². The van der Waals surface area contributed by atoms with E-state index in [1.807, 2.05) is 4.90 Å². The molecule has 0 saturated carbocycles. The number of aliphatic imine (C=N–C) groups is 1. The summed E-state index contributed by atoms with van der Waals surface area (Å²) in [6.45, 7) is 2.55. The second kappa shape index (κ2) is 8.23. The number of benzene rings is 1. The third-order valence-corrected chi connectivity index (χ3v) is 4.31. The molecule has 0 radical (unpaired) electrons. The molecular formula is C19H21FN2O4. The first-order valence-corrected chi connectivity index (χ1v) is 8.53. The van der Waals surface area contributed by atoms with Gasteiger partial charge in [0.05, 0.1) is 20.3 Å². The van der Waals surface area contributed by atoms with Crippen molar-refractivity contribution in [2.24, 2.45) is 4.99 Å². The lowest BCUT2D eigenvalue weighted by molar-refractivity contribution is -0.117. The summed E-state index contributed by atoms with van der Waals surface area (Å²) in [5.74, 6) is 0.384. The molecule has 1 aromatic carbocycles. The van der Waals surface area contributed by atoms with Gasteiger partial charge in [0, 0.05) is 55.8 Å². The summed E-state index contributed by atoms with van der Waals surface area (Å²) < 4.78 is 23.7. The van der Waals surface area contributed by atoms with E-state index in [9.17, 15) is 14.0 Å². The largest absolute Gasteiger partial charge is 0.496 e. The lowest BCUT2D eigenvalue weighted by atomic mass is 10.0. The lowest BCUT2D eigenvalue weighted by Crippen LogP contribution is -2.36. The van der Waals surface area contributed by atoms with Gasteiger partial charge in [0.2, 0.25) is 0 Å². The van der Waals surface area contributed by atoms with Gasteiger partial charge in [-0.1, -0.05) is 6.07 Å². The van der Waals surface area contributed by atoms with Crippen molar-refractivity contribution in [1.82, 2.24) is 4.90 Å². The molecule has 2 aliphatic rings. The molecule has 3 rings (SSSR count). The van der Waals surface area contributed by atoms with E-state index < -0.39 is 5.82 Å². The van der Waals surface area contributed by atoms with Crippen LogP contribution < -0.4 is 4.74 Å². The molecule has 1 aromatic rings. The highest BCUT2D eigenvalue weighted by molar-refractivity contribution is 6.14. The van der Waals surface area contributed by atoms with Crippen LogP contribution in [0.3, 0.4) is 0 Å². The van der Waals surface area contributed by atoms with Gasteiger partial charge in [-0.2, -0.15) is 0 Å². The van der Waals surface area contributed by atoms with Crippen molar-refractivity contribution in [1.29, 1.82) is 0 Å². The van der Waals surface area contributed by atoms with E-state index in [0.717, 1.165) is 0 Å². The van der Waals surface area contributed by atoms with Crippen molar-refractivity contribution < 1.29 is 23.5 Å². The fraction of sp³-hybridized carbons (Fsp3) is 0.421. The number of allylic oxidation sites excluding steroid dienone is 1. The Morgan fingerprint density at radius 3 is 2.81 bits per heavy atom. The lowest BCUT2D eigenvalue weighted by Gasteiger charge is -2.30. The maximum atomic E-state index is 13.3. The number of carbonyl (C=O) groups is 2. The predicted octanol–water partition coefficient (Wildman–Crippen LogP) is 1.92. The number of hydrogen-bond acceptors (Lipinski definition) is 6. The number of hydrogen-bond donors (Lipinski definition) is 0. The summed E-state index contributed by atoms with van der Waals surface area (Å²) in [5, 5.41) is 0. The summed E-state index contributed by atoms with van der Waals surface area (Å²) >= 11 is 0. The number of methoxy groups -OCH3 is 1. The average molecular weight is 360 g/mol. The molecule has 2 heterocycles. The van der Waals surface area contributed by atoms with Gasteiger partial charge in [0.25, 0.3) is 0 Å². The Morgan fingerprint density at radius 1 is 1.31 bits per heavy atom. The second-order valence-electron chi connectivity index (χ2n) is 6.27. The molecule has 2 aliphatic heterocycles. The van der Waals surface area contributed by atoms with Gasteiger partial charge in [-0.15, -0.1) is 0 Å². The number of halogens is 1. The third-order valence-electron chi connectivity index (χ3n) is 4.31. The predicted molar refractivity (Wildman–Crippen MR) is 93.8 cm³/mol. The number of rotatable bonds is 6. The zero-order valence-corrected chi connectivity index (χ0v) is 14.7. The van der Waals surface area contributed by atoms with E-state index in [2.05, 4.69) is 4.99 Å². The molecule has 1 saturated heterocycles. The number of morpholine rings is 1. The van der Waals surface area contributed by atoms with Crippen molar-refractivity contribution in [3.8, 4) is 5.75 Å². The molecule has 0 spiro atoms. The molecule has 0 unspecified atom stereocenters. The van der Waals surface area contributed by atoms with Crippen LogP contribution in [0.15, 0.2) is 35.1 Å². The minimum absolute atomic E-state index is 0.0522. The molecule has 138 valence electrons. The van der Waals surface area contributed by atoms with Crippen LogP contribution in [0.25, 0.3) is 0 Å². The molecule has 1 fully saturated rings. The molecule has 26 heavy (non-hydrogen) atoms. The number of ketones is 2. The van der Waals surface area contributed by atoms with Crippen LogP contribution in [0.4, 0.5) is 4.39 Å². The highest BCUT2D eigenvalue weighted by atomic mass is 19.1. The molecule has 7 heteroatoms. The van der Waals surface area contributed by atoms with Gasteiger partial charge < -0.3 is 14.4 Å². The Labute approximate surface area is 151 Å². The first kappa shape index (κ1) is 18.3. The summed E-state index contributed by atoms with van der Waals surface area (Å²) in [4.78, 5) is 30.9. The Hall–Kier alpha value is -2.54. The molecule has 0 N–H and O–H groups in total. The standard InChI is InChI=1S/C19H21FN2O4/c1-25-18-9-14(20)3-2-13(18)8-16(23)10-15-11-17(24)12-19(21-15)22-4-6-26-7-5-22/h2-3,9,12H,4-8,10-11H2,1H3. The maximum Gasteiger partial charge on any atom is 0.164 e. The van der Waals surface area contributed by atoms with Crippen LogP contribution in [-0.2, 0) is 20.7 Å². The molecule has 6 nitrogen and oxygen atoms in total.